The Bertz CT molecular complexity index is 331. The third-order valence-electron chi connectivity index (χ3n) is 3.78. The van der Waals surface area contributed by atoms with E-state index in [0.29, 0.717) is 10.7 Å². The molecule has 1 N–H and O–H groups in total. The maximum Gasteiger partial charge on any atom is 0.225 e. The monoisotopic (exact) mass is 314 g/mol. The minimum atomic E-state index is -0.280. The molecule has 4 heteroatoms. The number of likely N-dealkylation sites (tertiary alicyclic amines) is 1. The quantitative estimate of drug-likeness (QED) is 0.844. The summed E-state index contributed by atoms with van der Waals surface area (Å²) in [6.07, 6.45) is 2.50. The Balaban J connectivity index is 2.27. The van der Waals surface area contributed by atoms with Crippen LogP contribution in [0.1, 0.15) is 54.4 Å². The fourth-order valence-corrected chi connectivity index (χ4v) is 3.47. The minimum Gasteiger partial charge on any atom is -0.355 e. The van der Waals surface area contributed by atoms with Gasteiger partial charge in [0.1, 0.15) is 0 Å². The van der Waals surface area contributed by atoms with Crippen molar-refractivity contribution in [2.45, 2.75) is 59.1 Å². The van der Waals surface area contributed by atoms with Crippen LogP contribution in [0.3, 0.4) is 0 Å². The molecule has 0 radical (unpaired) electrons. The molecule has 1 aliphatic rings. The lowest BCUT2D eigenvalue weighted by Gasteiger charge is -2.33. The molecule has 1 saturated heterocycles. The first-order valence-electron chi connectivity index (χ1n) is 8.22. The van der Waals surface area contributed by atoms with Gasteiger partial charge in [0.25, 0.3) is 0 Å². The molecule has 0 spiro atoms. The first-order chi connectivity index (χ1) is 9.58. The molecule has 1 amide bonds. The van der Waals surface area contributed by atoms with Crippen LogP contribution in [0, 0.1) is 11.3 Å². The maximum atomic E-state index is 11.9. The molecule has 1 atom stereocenters. The average Bonchev–Trinajstić information content (AvgIpc) is 2.33. The molecule has 0 bridgehead atoms. The summed E-state index contributed by atoms with van der Waals surface area (Å²) in [7, 11) is 0. The molecule has 0 aliphatic carbocycles. The summed E-state index contributed by atoms with van der Waals surface area (Å²) in [5.74, 6) is 1.98. The third-order valence-corrected chi connectivity index (χ3v) is 5.03. The molecule has 0 aromatic carbocycles. The van der Waals surface area contributed by atoms with Crippen LogP contribution in [-0.2, 0) is 4.79 Å². The highest BCUT2D eigenvalue weighted by Crippen LogP contribution is 2.24. The lowest BCUT2D eigenvalue weighted by Crippen LogP contribution is -2.44. The fraction of sp³-hybridized carbons (Fsp3) is 0.941. The Morgan fingerprint density at radius 1 is 1.24 bits per heavy atom. The number of nitrogens with one attached hydrogen (secondary N) is 1. The second-order valence-corrected chi connectivity index (χ2v) is 10.2. The fourth-order valence-electron chi connectivity index (χ4n) is 2.50. The number of amides is 1. The van der Waals surface area contributed by atoms with Gasteiger partial charge in [-0.15, -0.1) is 0 Å². The number of piperidine rings is 1. The number of nitrogens with zero attached hydrogens (tertiary/aromatic N) is 1. The third kappa shape index (κ3) is 8.10. The largest absolute Gasteiger partial charge is 0.355 e. The van der Waals surface area contributed by atoms with Crippen LogP contribution in [0.2, 0.25) is 0 Å². The highest BCUT2D eigenvalue weighted by molar-refractivity contribution is 8.00. The Labute approximate surface area is 135 Å². The molecule has 0 unspecified atom stereocenters. The van der Waals surface area contributed by atoms with Crippen molar-refractivity contribution in [2.24, 2.45) is 11.3 Å². The molecule has 1 rings (SSSR count). The second kappa shape index (κ2) is 7.87. The van der Waals surface area contributed by atoms with E-state index >= 15 is 0 Å². The lowest BCUT2D eigenvalue weighted by atomic mass is 9.94. The molecule has 1 heterocycles. The Kier molecular flexibility index (Phi) is 7.05. The number of thioether (sulfide) groups is 1. The van der Waals surface area contributed by atoms with Crippen molar-refractivity contribution in [3.63, 3.8) is 0 Å². The highest BCUT2D eigenvalue weighted by atomic mass is 32.2. The topological polar surface area (TPSA) is 32.3 Å². The maximum absolute atomic E-state index is 11.9. The van der Waals surface area contributed by atoms with E-state index < -0.39 is 0 Å². The zero-order valence-corrected chi connectivity index (χ0v) is 15.6. The van der Waals surface area contributed by atoms with Gasteiger partial charge in [-0.25, -0.2) is 0 Å². The number of rotatable bonds is 5. The Morgan fingerprint density at radius 3 is 2.48 bits per heavy atom. The average molecular weight is 315 g/mol. The zero-order chi connectivity index (χ0) is 16.1. The van der Waals surface area contributed by atoms with Gasteiger partial charge in [-0.3, -0.25) is 4.79 Å². The van der Waals surface area contributed by atoms with Gasteiger partial charge >= 0.3 is 0 Å². The molecule has 0 aromatic heterocycles. The van der Waals surface area contributed by atoms with Gasteiger partial charge in [-0.05, 0) is 25.3 Å². The van der Waals surface area contributed by atoms with Gasteiger partial charge < -0.3 is 10.2 Å². The molecule has 3 nitrogen and oxygen atoms in total. The summed E-state index contributed by atoms with van der Waals surface area (Å²) in [6, 6.07) is 0. The van der Waals surface area contributed by atoms with Crippen LogP contribution in [0.15, 0.2) is 0 Å². The molecular weight excluding hydrogens is 280 g/mol. The molecule has 1 aliphatic heterocycles. The van der Waals surface area contributed by atoms with Gasteiger partial charge in [-0.2, -0.15) is 11.8 Å². The normalized spacial score (nSPS) is 21.3. The molecule has 21 heavy (non-hydrogen) atoms. The van der Waals surface area contributed by atoms with Crippen molar-refractivity contribution in [1.82, 2.24) is 10.2 Å². The van der Waals surface area contributed by atoms with Gasteiger partial charge in [0, 0.05) is 35.5 Å². The van der Waals surface area contributed by atoms with E-state index in [1.807, 2.05) is 32.5 Å². The predicted octanol–water partition coefficient (Wildman–Crippen LogP) is 3.39. The van der Waals surface area contributed by atoms with Crippen molar-refractivity contribution in [3.8, 4) is 0 Å². The van der Waals surface area contributed by atoms with Crippen LogP contribution >= 0.6 is 11.8 Å². The lowest BCUT2D eigenvalue weighted by molar-refractivity contribution is -0.128. The summed E-state index contributed by atoms with van der Waals surface area (Å²) >= 11 is 2.04. The molecule has 0 saturated carbocycles. The molecule has 1 fully saturated rings. The van der Waals surface area contributed by atoms with Gasteiger partial charge in [0.2, 0.25) is 5.91 Å². The van der Waals surface area contributed by atoms with Crippen LogP contribution in [0.4, 0.5) is 0 Å². The first-order valence-corrected chi connectivity index (χ1v) is 9.21. The molecule has 124 valence electrons. The highest BCUT2D eigenvalue weighted by Gasteiger charge is 2.24. The van der Waals surface area contributed by atoms with Crippen molar-refractivity contribution >= 4 is 17.7 Å². The smallest absolute Gasteiger partial charge is 0.225 e. The minimum absolute atomic E-state index is 0.169. The van der Waals surface area contributed by atoms with E-state index in [2.05, 4.69) is 31.0 Å². The second-order valence-electron chi connectivity index (χ2n) is 8.23. The molecule has 0 aromatic rings. The van der Waals surface area contributed by atoms with Crippen molar-refractivity contribution in [3.05, 3.63) is 0 Å². The summed E-state index contributed by atoms with van der Waals surface area (Å²) in [5.41, 5.74) is -0.280. The zero-order valence-electron chi connectivity index (χ0n) is 14.8. The number of hydrogen-bond acceptors (Lipinski definition) is 3. The van der Waals surface area contributed by atoms with Crippen molar-refractivity contribution in [1.29, 1.82) is 0 Å². The number of carbonyl (C=O) groups excluding carboxylic acids is 1. The SMILES string of the molecule is CC(C)(C)SCCN1CCC[C@@H](CNC(=O)C(C)(C)C)C1. The molecular formula is C17H34N2OS. The summed E-state index contributed by atoms with van der Waals surface area (Å²) in [5, 5.41) is 3.12. The van der Waals surface area contributed by atoms with Gasteiger partial charge in [-0.1, -0.05) is 41.5 Å². The van der Waals surface area contributed by atoms with E-state index in [4.69, 9.17) is 0 Å². The first kappa shape index (κ1) is 18.8. The van der Waals surface area contributed by atoms with E-state index in [9.17, 15) is 4.79 Å². The Hall–Kier alpha value is -0.220. The van der Waals surface area contributed by atoms with E-state index in [0.717, 1.165) is 13.1 Å². The summed E-state index contributed by atoms with van der Waals surface area (Å²) < 4.78 is 0.357. The Morgan fingerprint density at radius 2 is 1.90 bits per heavy atom. The van der Waals surface area contributed by atoms with Crippen molar-refractivity contribution in [2.75, 3.05) is 31.9 Å². The van der Waals surface area contributed by atoms with E-state index in [-0.39, 0.29) is 11.3 Å². The number of hydrogen-bond donors (Lipinski definition) is 1. The number of carbonyl (C=O) groups is 1. The van der Waals surface area contributed by atoms with Crippen LogP contribution < -0.4 is 5.32 Å². The van der Waals surface area contributed by atoms with Crippen LogP contribution in [0.5, 0.6) is 0 Å². The van der Waals surface area contributed by atoms with Gasteiger partial charge in [0.05, 0.1) is 0 Å². The van der Waals surface area contributed by atoms with Crippen molar-refractivity contribution < 1.29 is 4.79 Å². The van der Waals surface area contributed by atoms with Gasteiger partial charge in [0.15, 0.2) is 0 Å². The summed E-state index contributed by atoms with van der Waals surface area (Å²) in [6.45, 7) is 17.1. The van der Waals surface area contributed by atoms with E-state index in [1.54, 1.807) is 0 Å². The summed E-state index contributed by atoms with van der Waals surface area (Å²) in [4.78, 5) is 14.5. The predicted molar refractivity (Wildman–Crippen MR) is 93.8 cm³/mol. The van der Waals surface area contributed by atoms with Crippen LogP contribution in [0.25, 0.3) is 0 Å². The van der Waals surface area contributed by atoms with E-state index in [1.165, 1.54) is 31.7 Å². The standard InChI is InChI=1S/C17H34N2OS/c1-16(2,3)15(20)18-12-14-8-7-9-19(13-14)10-11-21-17(4,5)6/h14H,7-13H2,1-6H3,(H,18,20)/t14-/m0/s1. The van der Waals surface area contributed by atoms with Crippen LogP contribution in [-0.4, -0.2) is 47.5 Å².